The molecule has 2 unspecified atom stereocenters. The maximum atomic E-state index is 10.8. The molecule has 12 nitrogen and oxygen atoms in total. The number of aliphatic hydroxyl groups excluding tert-OH is 1. The molecule has 0 aromatic carbocycles. The van der Waals surface area contributed by atoms with E-state index in [0.717, 1.165) is 12.5 Å². The van der Waals surface area contributed by atoms with E-state index in [2.05, 4.69) is 29.1 Å². The van der Waals surface area contributed by atoms with Crippen molar-refractivity contribution in [2.75, 3.05) is 53.5 Å². The average Bonchev–Trinajstić information content (AvgIpc) is 2.59. The van der Waals surface area contributed by atoms with Gasteiger partial charge in [-0.2, -0.15) is 8.42 Å². The summed E-state index contributed by atoms with van der Waals surface area (Å²) in [5.74, 6) is -1.49. The summed E-state index contributed by atoms with van der Waals surface area (Å²) >= 11 is 0. The zero-order chi connectivity index (χ0) is 23.7. The fourth-order valence-electron chi connectivity index (χ4n) is 1.11. The Morgan fingerprint density at radius 3 is 1.50 bits per heavy atom. The molecule has 0 rings (SSSR count). The molecular weight excluding hydrogens is 472 g/mol. The Hall–Kier alpha value is -1.03. The van der Waals surface area contributed by atoms with Gasteiger partial charge >= 0.3 is 11.9 Å². The highest BCUT2D eigenvalue weighted by atomic mass is 35.7. The minimum Gasteiger partial charge on any atom is -0.469 e. The number of esters is 2. The molecule has 0 aliphatic rings. The van der Waals surface area contributed by atoms with Crippen LogP contribution in [-0.4, -0.2) is 87.4 Å². The summed E-state index contributed by atoms with van der Waals surface area (Å²) in [6.45, 7) is 2.78. The third-order valence-electron chi connectivity index (χ3n) is 2.38. The van der Waals surface area contributed by atoms with E-state index in [0.29, 0.717) is 0 Å². The van der Waals surface area contributed by atoms with Crippen molar-refractivity contribution >= 4 is 41.8 Å². The molecule has 184 valence electrons. The van der Waals surface area contributed by atoms with E-state index in [-0.39, 0.29) is 46.1 Å². The lowest BCUT2D eigenvalue weighted by Crippen LogP contribution is -2.19. The third-order valence-corrected chi connectivity index (χ3v) is 2.90. The first-order valence-electron chi connectivity index (χ1n) is 7.75. The average molecular weight is 505 g/mol. The molecule has 0 bridgehead atoms. The lowest BCUT2D eigenvalue weighted by Gasteiger charge is -2.08. The van der Waals surface area contributed by atoms with Crippen LogP contribution in [0.1, 0.15) is 21.3 Å². The number of rotatable bonds is 10. The minimum atomic E-state index is -3.49. The van der Waals surface area contributed by atoms with Gasteiger partial charge in [-0.1, -0.05) is 7.43 Å². The van der Waals surface area contributed by atoms with Gasteiger partial charge in [0, 0.05) is 10.7 Å². The highest BCUT2D eigenvalue weighted by molar-refractivity contribution is 8.13. The smallest absolute Gasteiger partial charge is 0.310 e. The van der Waals surface area contributed by atoms with E-state index in [4.69, 9.17) is 9.84 Å². The Morgan fingerprint density at radius 1 is 0.900 bits per heavy atom. The van der Waals surface area contributed by atoms with Gasteiger partial charge < -0.3 is 24.1 Å². The molecule has 0 saturated carbocycles. The molecule has 0 radical (unpaired) electrons. The molecule has 0 aromatic heterocycles. The van der Waals surface area contributed by atoms with Gasteiger partial charge in [-0.3, -0.25) is 9.59 Å². The second kappa shape index (κ2) is 19.9. The van der Waals surface area contributed by atoms with Gasteiger partial charge in [-0.05, 0) is 13.8 Å². The number of aliphatic hydroxyl groups is 1. The second-order valence-electron chi connectivity index (χ2n) is 5.34. The Balaban J connectivity index is -0.000000185. The van der Waals surface area contributed by atoms with Crippen LogP contribution in [-0.2, 0) is 51.9 Å². The van der Waals surface area contributed by atoms with Crippen molar-refractivity contribution < 1.29 is 54.7 Å². The Labute approximate surface area is 183 Å². The fraction of sp³-hybridized carbons (Fsp3) is 0.867. The summed E-state index contributed by atoms with van der Waals surface area (Å²) in [6, 6.07) is 0. The SMILES string of the molecule is C.COC(=O)C(C)COCO.COC(=O)C(C)COCOS(C)(=O)=O.CS(=O)(=O)Cl. The molecule has 0 aromatic rings. The van der Waals surface area contributed by atoms with Gasteiger partial charge in [-0.15, -0.1) is 0 Å². The van der Waals surface area contributed by atoms with Gasteiger partial charge in [0.15, 0.2) is 6.79 Å². The Kier molecular flexibility index (Phi) is 24.1. The van der Waals surface area contributed by atoms with E-state index in [1.54, 1.807) is 13.8 Å². The van der Waals surface area contributed by atoms with Gasteiger partial charge in [0.1, 0.15) is 6.79 Å². The Bertz CT molecular complexity index is 641. The van der Waals surface area contributed by atoms with Crippen molar-refractivity contribution in [3.05, 3.63) is 0 Å². The molecule has 0 heterocycles. The molecule has 0 amide bonds. The van der Waals surface area contributed by atoms with Crippen LogP contribution < -0.4 is 0 Å². The van der Waals surface area contributed by atoms with Gasteiger partial charge in [0.05, 0.1) is 51.8 Å². The summed E-state index contributed by atoms with van der Waals surface area (Å²) < 4.78 is 62.2. The molecule has 30 heavy (non-hydrogen) atoms. The van der Waals surface area contributed by atoms with E-state index in [1.165, 1.54) is 14.2 Å². The molecule has 0 aliphatic carbocycles. The first-order chi connectivity index (χ1) is 13.1. The van der Waals surface area contributed by atoms with E-state index in [9.17, 15) is 26.4 Å². The molecule has 0 spiro atoms. The van der Waals surface area contributed by atoms with E-state index < -0.39 is 31.1 Å². The monoisotopic (exact) mass is 504 g/mol. The van der Waals surface area contributed by atoms with Gasteiger partial charge in [0.2, 0.25) is 9.05 Å². The first kappa shape index (κ1) is 36.3. The molecule has 0 aliphatic heterocycles. The van der Waals surface area contributed by atoms with Crippen LogP contribution in [0.5, 0.6) is 0 Å². The summed E-state index contributed by atoms with van der Waals surface area (Å²) in [7, 11) is 0.406. The third kappa shape index (κ3) is 34.5. The topological polar surface area (TPSA) is 169 Å². The second-order valence-corrected chi connectivity index (χ2v) is 10.0. The van der Waals surface area contributed by atoms with Crippen LogP contribution in [0.2, 0.25) is 0 Å². The first-order valence-corrected chi connectivity index (χ1v) is 12.3. The summed E-state index contributed by atoms with van der Waals surface area (Å²) in [5, 5.41) is 8.20. The number of hydrogen-bond donors (Lipinski definition) is 1. The van der Waals surface area contributed by atoms with Crippen LogP contribution in [0.4, 0.5) is 0 Å². The maximum Gasteiger partial charge on any atom is 0.310 e. The van der Waals surface area contributed by atoms with Crippen molar-refractivity contribution in [2.24, 2.45) is 11.8 Å². The molecule has 0 saturated heterocycles. The standard InChI is InChI=1S/C7H14O6S.C6H12O4.CH3ClO2S.CH4/c1-6(7(8)11-2)4-12-5-13-14(3,9)10;1-5(3-10-4-7)6(8)9-2;1-5(2,3)4;/h6H,4-5H2,1-3H3;5,7H,3-4H2,1-2H3;1H3;1H4. The van der Waals surface area contributed by atoms with Gasteiger partial charge in [0.25, 0.3) is 10.1 Å². The predicted molar refractivity (Wildman–Crippen MR) is 110 cm³/mol. The van der Waals surface area contributed by atoms with Crippen LogP contribution in [0.3, 0.4) is 0 Å². The van der Waals surface area contributed by atoms with Gasteiger partial charge in [-0.25, -0.2) is 12.6 Å². The zero-order valence-corrected chi connectivity index (χ0v) is 19.5. The largest absolute Gasteiger partial charge is 0.469 e. The minimum absolute atomic E-state index is 0. The van der Waals surface area contributed by atoms with E-state index >= 15 is 0 Å². The maximum absolute atomic E-state index is 10.8. The number of halogens is 1. The summed E-state index contributed by atoms with van der Waals surface area (Å²) in [4.78, 5) is 21.5. The molecule has 1 N–H and O–H groups in total. The molecule has 2 atom stereocenters. The molecular formula is C15H33ClO12S2. The highest BCUT2D eigenvalue weighted by Crippen LogP contribution is 1.99. The zero-order valence-electron chi connectivity index (χ0n) is 17.1. The number of carbonyl (C=O) groups is 2. The highest BCUT2D eigenvalue weighted by Gasteiger charge is 2.13. The van der Waals surface area contributed by atoms with Crippen LogP contribution in [0, 0.1) is 11.8 Å². The van der Waals surface area contributed by atoms with Crippen molar-refractivity contribution in [2.45, 2.75) is 21.3 Å². The van der Waals surface area contributed by atoms with Crippen molar-refractivity contribution in [3.8, 4) is 0 Å². The quantitative estimate of drug-likeness (QED) is 0.142. The predicted octanol–water partition coefficient (Wildman–Crippen LogP) is 0.329. The van der Waals surface area contributed by atoms with Crippen LogP contribution in [0.25, 0.3) is 0 Å². The summed E-state index contributed by atoms with van der Waals surface area (Å²) in [6.07, 6.45) is 1.84. The van der Waals surface area contributed by atoms with Crippen molar-refractivity contribution in [3.63, 3.8) is 0 Å². The van der Waals surface area contributed by atoms with Crippen molar-refractivity contribution in [1.29, 1.82) is 0 Å². The van der Waals surface area contributed by atoms with Crippen molar-refractivity contribution in [1.82, 2.24) is 0 Å². The lowest BCUT2D eigenvalue weighted by atomic mass is 10.2. The molecule has 0 fully saturated rings. The Morgan fingerprint density at radius 2 is 1.23 bits per heavy atom. The summed E-state index contributed by atoms with van der Waals surface area (Å²) in [5.41, 5.74) is 0. The van der Waals surface area contributed by atoms with E-state index in [1.807, 2.05) is 0 Å². The molecule has 15 heteroatoms. The number of methoxy groups -OCH3 is 2. The number of hydrogen-bond acceptors (Lipinski definition) is 12. The van der Waals surface area contributed by atoms with Crippen LogP contribution >= 0.6 is 10.7 Å². The normalized spacial score (nSPS) is 12.5. The van der Waals surface area contributed by atoms with Crippen LogP contribution in [0.15, 0.2) is 0 Å². The fourth-order valence-corrected chi connectivity index (χ4v) is 1.36. The number of ether oxygens (including phenoxy) is 4. The lowest BCUT2D eigenvalue weighted by molar-refractivity contribution is -0.148. The number of carbonyl (C=O) groups excluding carboxylic acids is 2.